The number of hydrogen-bond donors (Lipinski definition) is 17. The molecule has 2 fully saturated rings. The molecule has 0 bridgehead atoms. The van der Waals surface area contributed by atoms with E-state index >= 15 is 4.79 Å². The van der Waals surface area contributed by atoms with Crippen LogP contribution in [0.25, 0.3) is 10.9 Å². The number of rotatable bonds is 51. The van der Waals surface area contributed by atoms with Gasteiger partial charge in [-0.2, -0.15) is 0 Å². The van der Waals surface area contributed by atoms with Crippen molar-refractivity contribution in [3.05, 3.63) is 90.1 Å². The molecule has 36 heteroatoms. The van der Waals surface area contributed by atoms with Gasteiger partial charge in [-0.15, -0.1) is 0 Å². The van der Waals surface area contributed by atoms with Gasteiger partial charge in [-0.1, -0.05) is 152 Å². The van der Waals surface area contributed by atoms with Crippen LogP contribution in [0.2, 0.25) is 0 Å². The quantitative estimate of drug-likeness (QED) is 0.0171. The summed E-state index contributed by atoms with van der Waals surface area (Å²) < 4.78 is 22.4. The zero-order valence-electron chi connectivity index (χ0n) is 70.9. The van der Waals surface area contributed by atoms with Gasteiger partial charge in [0.2, 0.25) is 70.9 Å². The summed E-state index contributed by atoms with van der Waals surface area (Å²) in [6.45, 7) is 7.57. The second-order valence-electron chi connectivity index (χ2n) is 31.2. The lowest BCUT2D eigenvalue weighted by Gasteiger charge is -2.31. The lowest BCUT2D eigenvalue weighted by atomic mass is 10.0. The monoisotopic (exact) mass is 1690 g/mol. The molecule has 4 heterocycles. The average molecular weight is 1700 g/mol. The first-order valence-corrected chi connectivity index (χ1v) is 43.4. The molecule has 2 aromatic carbocycles. The third kappa shape index (κ3) is 38.6. The second-order valence-corrected chi connectivity index (χ2v) is 31.2. The van der Waals surface area contributed by atoms with Gasteiger partial charge in [-0.25, -0.2) is 4.98 Å². The Bertz CT molecular complexity index is 3830. The Labute approximate surface area is 709 Å². The van der Waals surface area contributed by atoms with E-state index < -0.39 is 151 Å². The van der Waals surface area contributed by atoms with E-state index in [0.717, 1.165) is 28.6 Å². The van der Waals surface area contributed by atoms with Gasteiger partial charge in [-0.3, -0.25) is 62.5 Å². The maximum atomic E-state index is 15.3. The number of primary amides is 1. The zero-order chi connectivity index (χ0) is 87.5. The number of unbranched alkanes of at least 4 members (excludes halogenated alkanes) is 13. The van der Waals surface area contributed by atoms with E-state index in [1.807, 2.05) is 25.1 Å². The van der Waals surface area contributed by atoms with Crippen LogP contribution in [0.15, 0.2) is 78.3 Å². The number of H-pyrrole nitrogens is 2. The molecule has 672 valence electrons. The van der Waals surface area contributed by atoms with Crippen molar-refractivity contribution in [2.24, 2.45) is 27.9 Å². The number of aromatic nitrogens is 3. The minimum Gasteiger partial charge on any atom is -0.391 e. The molecule has 0 radical (unpaired) electrons. The molecule has 12 amide bonds. The smallest absolute Gasteiger partial charge is 0.245 e. The highest BCUT2D eigenvalue weighted by Crippen LogP contribution is 2.24. The fraction of sp³-hybridized carbons (Fsp3) is 0.647. The number of aliphatic hydroxyl groups is 1. The summed E-state index contributed by atoms with van der Waals surface area (Å²) in [6.07, 6.45) is 19.7. The predicted octanol–water partition coefficient (Wildman–Crippen LogP) is 1.97. The Hall–Kier alpha value is -10.1. The SMILES string of the molecule is CCCCCCCCCCCCCCCC(=O)NCCOCCOCCOCCOCCC(=O)N[C@@H](Cc1cnc[nH]1)C(=O)N[C@H](C(=O)N[C@@H](CCCC)C(=O)N[C@H]1CCC(=O)NCCCC[C@@H](C(N)=O)NC(=O)[C@H](Cc2c[nH]c3ccccc23)NC(=O)[C@H](CCCN=C(N)N)NC(=O)[C@@H](Cc2ccccc2)NC(=O)[C@@H]2C[C@@H](O)CN2C1=O)C(C)N. The summed E-state index contributed by atoms with van der Waals surface area (Å²) >= 11 is 0. The second kappa shape index (κ2) is 57.2. The number of guanidine groups is 1. The van der Waals surface area contributed by atoms with E-state index in [2.05, 4.69) is 80.0 Å². The summed E-state index contributed by atoms with van der Waals surface area (Å²) in [5.74, 6) is -9.18. The standard InChI is InChI=1S/C85H135N19O17/c1-4-6-8-9-10-11-12-13-14-15-16-17-21-34-72(106)92-40-42-119-44-46-121-48-47-120-45-43-118-41-37-74(108)96-70(51-60-54-90-56-95-60)81(114)103-75(57(3)86)83(116)99-65(30-7-5-2)77(110)100-67-35-36-73(107)91-38-25-24-32-64(76(87)109)97-80(113)69(50-59-53-94-63-31-23-22-29-62(59)63)101-78(111)66(33-26-39-93-85(88)89)98-79(112)68(49-58-27-19-18-20-28-58)102-82(115)71-52-61(105)55-104(71)84(67)117/h18-20,22-23,27-29,31,53-54,56-57,61,64-71,75,94,105H,4-17,21,24-26,30,32-52,55,86H2,1-3H3,(H2,87,109)(H,90,95)(H,91,107)(H,92,106)(H,96,108)(H,97,113)(H,98,112)(H,99,116)(H,100,110)(H,101,111)(H,102,115)(H,103,114)(H4,88,89,93)/t57?,61-,64+,65+,66+,67+,68-,69+,70+,71+,75+/m1/s1. The van der Waals surface area contributed by atoms with Gasteiger partial charge >= 0.3 is 0 Å². The number of nitrogens with zero attached hydrogens (tertiary/aromatic N) is 3. The summed E-state index contributed by atoms with van der Waals surface area (Å²) in [7, 11) is 0. The lowest BCUT2D eigenvalue weighted by Crippen LogP contribution is -2.62. The Kier molecular flexibility index (Phi) is 47.1. The van der Waals surface area contributed by atoms with Crippen LogP contribution in [-0.4, -0.2) is 247 Å². The number of benzene rings is 2. The fourth-order valence-corrected chi connectivity index (χ4v) is 14.3. The Morgan fingerprint density at radius 1 is 0.620 bits per heavy atom. The number of aliphatic hydroxyl groups excluding tert-OH is 1. The molecule has 6 rings (SSSR count). The van der Waals surface area contributed by atoms with E-state index in [4.69, 9.17) is 41.9 Å². The number of fused-ring (bicyclic) bond motifs is 2. The number of aliphatic imine (C=N–C) groups is 1. The molecule has 2 saturated heterocycles. The largest absolute Gasteiger partial charge is 0.391 e. The number of nitrogens with two attached hydrogens (primary N) is 4. The van der Waals surface area contributed by atoms with Crippen molar-refractivity contribution in [2.75, 3.05) is 79.0 Å². The van der Waals surface area contributed by atoms with E-state index in [1.165, 1.54) is 90.1 Å². The molecule has 21 N–H and O–H groups in total. The molecular weight excluding hydrogens is 1560 g/mol. The molecule has 0 aliphatic carbocycles. The van der Waals surface area contributed by atoms with E-state index in [0.29, 0.717) is 69.1 Å². The molecule has 11 atom stereocenters. The molecule has 0 saturated carbocycles. The van der Waals surface area contributed by atoms with Gasteiger partial charge < -0.3 is 115 Å². The minimum absolute atomic E-state index is 0.00354. The first-order chi connectivity index (χ1) is 58.4. The molecule has 2 aromatic heterocycles. The Balaban J connectivity index is 1.06. The number of imidazole rings is 1. The third-order valence-electron chi connectivity index (χ3n) is 21.1. The zero-order valence-corrected chi connectivity index (χ0v) is 70.9. The highest BCUT2D eigenvalue weighted by Gasteiger charge is 2.44. The number of hydrogen-bond acceptors (Lipinski definition) is 20. The number of aromatic amines is 2. The number of amides is 12. The average Bonchev–Trinajstić information content (AvgIpc) is 1.70. The molecule has 4 aromatic rings. The van der Waals surface area contributed by atoms with Crippen molar-refractivity contribution < 1.29 is 81.6 Å². The van der Waals surface area contributed by atoms with E-state index in [1.54, 1.807) is 42.6 Å². The van der Waals surface area contributed by atoms with E-state index in [-0.39, 0.29) is 122 Å². The summed E-state index contributed by atoms with van der Waals surface area (Å²) in [4.78, 5) is 186. The van der Waals surface area contributed by atoms with Crippen molar-refractivity contribution in [3.8, 4) is 0 Å². The first kappa shape index (κ1) is 99.7. The van der Waals surface area contributed by atoms with Crippen molar-refractivity contribution in [1.82, 2.24) is 73.0 Å². The molecule has 2 aliphatic rings. The van der Waals surface area contributed by atoms with Crippen LogP contribution < -0.4 is 76.1 Å². The van der Waals surface area contributed by atoms with Gasteiger partial charge in [0.1, 0.15) is 54.4 Å². The fourth-order valence-electron chi connectivity index (χ4n) is 14.3. The van der Waals surface area contributed by atoms with Crippen LogP contribution in [0, 0.1) is 0 Å². The van der Waals surface area contributed by atoms with Crippen LogP contribution in [0.4, 0.5) is 0 Å². The van der Waals surface area contributed by atoms with Gasteiger partial charge in [0, 0.05) is 106 Å². The van der Waals surface area contributed by atoms with Crippen LogP contribution in [-0.2, 0) is 95.7 Å². The molecule has 121 heavy (non-hydrogen) atoms. The van der Waals surface area contributed by atoms with Crippen molar-refractivity contribution in [2.45, 2.75) is 273 Å². The Morgan fingerprint density at radius 2 is 1.23 bits per heavy atom. The van der Waals surface area contributed by atoms with Gasteiger partial charge in [-0.05, 0) is 75.5 Å². The van der Waals surface area contributed by atoms with Gasteiger partial charge in [0.05, 0.1) is 65.3 Å². The van der Waals surface area contributed by atoms with Crippen LogP contribution in [0.1, 0.15) is 205 Å². The molecule has 1 unspecified atom stereocenters. The van der Waals surface area contributed by atoms with Crippen LogP contribution >= 0.6 is 0 Å². The number of carbonyl (C=O) groups excluding carboxylic acids is 12. The summed E-state index contributed by atoms with van der Waals surface area (Å²) in [6, 6.07) is 1.86. The van der Waals surface area contributed by atoms with E-state index in [9.17, 15) is 57.8 Å². The van der Waals surface area contributed by atoms with Crippen LogP contribution in [0.5, 0.6) is 0 Å². The highest BCUT2D eigenvalue weighted by molar-refractivity contribution is 5.99. The topological polar surface area (TPSA) is 546 Å². The number of carbonyl (C=O) groups is 12. The maximum Gasteiger partial charge on any atom is 0.245 e. The Morgan fingerprint density at radius 3 is 1.88 bits per heavy atom. The number of para-hydroxylation sites is 1. The molecular formula is C85H135N19O17. The van der Waals surface area contributed by atoms with Crippen molar-refractivity contribution in [1.29, 1.82) is 0 Å². The molecule has 0 spiro atoms. The number of nitrogens with one attached hydrogen (secondary N) is 12. The maximum absolute atomic E-state index is 15.3. The number of ether oxygens (including phenoxy) is 4. The summed E-state index contributed by atoms with van der Waals surface area (Å²) in [5.41, 5.74) is 26.0. The van der Waals surface area contributed by atoms with Crippen LogP contribution in [0.3, 0.4) is 0 Å². The predicted molar refractivity (Wildman–Crippen MR) is 456 cm³/mol. The highest BCUT2D eigenvalue weighted by atomic mass is 16.6. The van der Waals surface area contributed by atoms with Crippen molar-refractivity contribution >= 4 is 87.7 Å². The lowest BCUT2D eigenvalue weighted by molar-refractivity contribution is -0.143. The summed E-state index contributed by atoms with van der Waals surface area (Å²) in [5, 5.41) is 39.6. The third-order valence-corrected chi connectivity index (χ3v) is 21.1. The van der Waals surface area contributed by atoms with Gasteiger partial charge in [0.15, 0.2) is 5.96 Å². The first-order valence-electron chi connectivity index (χ1n) is 43.4. The molecule has 36 nitrogen and oxygen atoms in total. The van der Waals surface area contributed by atoms with Crippen molar-refractivity contribution in [3.63, 3.8) is 0 Å². The van der Waals surface area contributed by atoms with Gasteiger partial charge in [0.25, 0.3) is 0 Å². The minimum atomic E-state index is -1.62. The normalized spacial score (nSPS) is 19.6. The molecule has 2 aliphatic heterocycles.